The number of piperidine rings is 1. The summed E-state index contributed by atoms with van der Waals surface area (Å²) < 4.78 is 0. The molecule has 164 valence electrons. The topological polar surface area (TPSA) is 43.9 Å². The summed E-state index contributed by atoms with van der Waals surface area (Å²) in [5, 5.41) is 0. The molecule has 0 aliphatic carbocycles. The Morgan fingerprint density at radius 1 is 0.645 bits per heavy atom. The number of carbonyl (C=O) groups is 2. The number of amides is 2. The van der Waals surface area contributed by atoms with Crippen LogP contribution in [-0.2, 0) is 9.59 Å². The van der Waals surface area contributed by atoms with Gasteiger partial charge < -0.3 is 9.80 Å². The van der Waals surface area contributed by atoms with Crippen LogP contribution in [0.5, 0.6) is 0 Å². The lowest BCUT2D eigenvalue weighted by Crippen LogP contribution is -2.52. The summed E-state index contributed by atoms with van der Waals surface area (Å²) in [6.45, 7) is 5.22. The molecule has 0 spiro atoms. The lowest BCUT2D eigenvalue weighted by atomic mass is 9.88. The molecule has 0 aromatic heterocycles. The van der Waals surface area contributed by atoms with Crippen molar-refractivity contribution in [1.82, 2.24) is 14.7 Å². The summed E-state index contributed by atoms with van der Waals surface area (Å²) in [6, 6.07) is 20.6. The van der Waals surface area contributed by atoms with E-state index in [9.17, 15) is 9.59 Å². The van der Waals surface area contributed by atoms with Gasteiger partial charge in [0.15, 0.2) is 0 Å². The van der Waals surface area contributed by atoms with Crippen LogP contribution in [0.4, 0.5) is 0 Å². The van der Waals surface area contributed by atoms with Crippen molar-refractivity contribution >= 4 is 11.8 Å². The molecule has 2 aromatic rings. The summed E-state index contributed by atoms with van der Waals surface area (Å²) in [5.41, 5.74) is 2.35. The minimum Gasteiger partial charge on any atom is -0.342 e. The number of likely N-dealkylation sites (tertiary alicyclic amines) is 1. The van der Waals surface area contributed by atoms with Gasteiger partial charge in [-0.2, -0.15) is 0 Å². The fraction of sp³-hybridized carbons (Fsp3) is 0.462. The van der Waals surface area contributed by atoms with Crippen LogP contribution in [-0.4, -0.2) is 72.3 Å². The third-order valence-electron chi connectivity index (χ3n) is 6.58. The molecular formula is C26H33N3O2. The van der Waals surface area contributed by atoms with Gasteiger partial charge in [0.1, 0.15) is 0 Å². The van der Waals surface area contributed by atoms with E-state index in [1.165, 1.54) is 17.5 Å². The molecule has 2 heterocycles. The minimum absolute atomic E-state index is 0.0635. The quantitative estimate of drug-likeness (QED) is 0.721. The lowest BCUT2D eigenvalue weighted by Gasteiger charge is -2.36. The summed E-state index contributed by atoms with van der Waals surface area (Å²) in [5.74, 6) is 0.501. The van der Waals surface area contributed by atoms with Crippen molar-refractivity contribution in [2.75, 3.05) is 45.8 Å². The maximum atomic E-state index is 13.2. The highest BCUT2D eigenvalue weighted by Crippen LogP contribution is 2.28. The van der Waals surface area contributed by atoms with Crippen molar-refractivity contribution in [3.63, 3.8) is 0 Å². The van der Waals surface area contributed by atoms with E-state index in [0.29, 0.717) is 26.1 Å². The second-order valence-corrected chi connectivity index (χ2v) is 8.68. The molecular weight excluding hydrogens is 386 g/mol. The van der Waals surface area contributed by atoms with Crippen LogP contribution in [0.25, 0.3) is 0 Å². The third-order valence-corrected chi connectivity index (χ3v) is 6.58. The number of benzene rings is 2. The van der Waals surface area contributed by atoms with Crippen molar-refractivity contribution < 1.29 is 9.59 Å². The number of rotatable bonds is 6. The first-order valence-electron chi connectivity index (χ1n) is 11.6. The second-order valence-electron chi connectivity index (χ2n) is 8.68. The fourth-order valence-corrected chi connectivity index (χ4v) is 4.69. The average molecular weight is 420 g/mol. The number of hydrogen-bond acceptors (Lipinski definition) is 3. The Morgan fingerprint density at radius 3 is 1.71 bits per heavy atom. The molecule has 0 atom stereocenters. The molecule has 0 unspecified atom stereocenters. The molecule has 2 fully saturated rings. The second kappa shape index (κ2) is 10.6. The Hall–Kier alpha value is -2.66. The fourth-order valence-electron chi connectivity index (χ4n) is 4.69. The molecule has 0 radical (unpaired) electrons. The number of hydrogen-bond donors (Lipinski definition) is 0. The highest BCUT2D eigenvalue weighted by Gasteiger charge is 2.27. The van der Waals surface area contributed by atoms with Crippen molar-refractivity contribution in [3.05, 3.63) is 71.8 Å². The normalized spacial score (nSPS) is 17.7. The number of nitrogens with zero attached hydrogens (tertiary/aromatic N) is 3. The van der Waals surface area contributed by atoms with E-state index in [1.807, 2.05) is 46.2 Å². The van der Waals surface area contributed by atoms with Gasteiger partial charge in [-0.05, 0) is 30.4 Å². The van der Waals surface area contributed by atoms with Crippen molar-refractivity contribution in [1.29, 1.82) is 0 Å². The van der Waals surface area contributed by atoms with Crippen molar-refractivity contribution in [2.24, 2.45) is 0 Å². The molecule has 0 N–H and O–H groups in total. The molecule has 2 amide bonds. The standard InChI is InChI=1S/C26H33N3O2/c30-25(20-24(22-10-4-1-5-11-22)23-12-6-2-7-13-23)29-18-16-27(17-19-29)21-26(31)28-14-8-3-9-15-28/h1-2,4-7,10-13,24H,3,8-9,14-21H2. The van der Waals surface area contributed by atoms with E-state index >= 15 is 0 Å². The zero-order valence-corrected chi connectivity index (χ0v) is 18.3. The van der Waals surface area contributed by atoms with Gasteiger partial charge >= 0.3 is 0 Å². The zero-order chi connectivity index (χ0) is 21.5. The zero-order valence-electron chi connectivity index (χ0n) is 18.3. The average Bonchev–Trinajstić information content (AvgIpc) is 2.84. The molecule has 2 aromatic carbocycles. The Morgan fingerprint density at radius 2 is 1.16 bits per heavy atom. The van der Waals surface area contributed by atoms with Crippen molar-refractivity contribution in [3.8, 4) is 0 Å². The molecule has 4 rings (SSSR count). The Bertz CT molecular complexity index is 802. The van der Waals surface area contributed by atoms with Gasteiger partial charge in [0.25, 0.3) is 0 Å². The number of piperazine rings is 1. The van der Waals surface area contributed by atoms with E-state index in [-0.39, 0.29) is 17.7 Å². The Labute approximate surface area is 185 Å². The van der Waals surface area contributed by atoms with Gasteiger partial charge in [-0.25, -0.2) is 0 Å². The molecule has 31 heavy (non-hydrogen) atoms. The van der Waals surface area contributed by atoms with Crippen LogP contribution < -0.4 is 0 Å². The van der Waals surface area contributed by atoms with Crippen LogP contribution >= 0.6 is 0 Å². The van der Waals surface area contributed by atoms with Gasteiger partial charge in [-0.1, -0.05) is 60.7 Å². The highest BCUT2D eigenvalue weighted by atomic mass is 16.2. The first kappa shape index (κ1) is 21.6. The first-order valence-corrected chi connectivity index (χ1v) is 11.6. The largest absolute Gasteiger partial charge is 0.342 e. The van der Waals surface area contributed by atoms with E-state index < -0.39 is 0 Å². The van der Waals surface area contributed by atoms with Crippen molar-refractivity contribution in [2.45, 2.75) is 31.6 Å². The smallest absolute Gasteiger partial charge is 0.236 e. The third kappa shape index (κ3) is 5.73. The Balaban J connectivity index is 1.32. The molecule has 2 aliphatic heterocycles. The van der Waals surface area contributed by atoms with E-state index in [4.69, 9.17) is 0 Å². The monoisotopic (exact) mass is 419 g/mol. The predicted octanol–water partition coefficient (Wildman–Crippen LogP) is 3.37. The minimum atomic E-state index is 0.0635. The maximum Gasteiger partial charge on any atom is 0.236 e. The summed E-state index contributed by atoms with van der Waals surface area (Å²) in [6.07, 6.45) is 3.95. The van der Waals surface area contributed by atoms with Crippen LogP contribution in [0.1, 0.15) is 42.7 Å². The van der Waals surface area contributed by atoms with Crippen LogP contribution in [0.2, 0.25) is 0 Å². The van der Waals surface area contributed by atoms with Crippen LogP contribution in [0, 0.1) is 0 Å². The van der Waals surface area contributed by atoms with Gasteiger partial charge in [0, 0.05) is 51.6 Å². The molecule has 5 heteroatoms. The van der Waals surface area contributed by atoms with E-state index in [1.54, 1.807) is 0 Å². The van der Waals surface area contributed by atoms with E-state index in [0.717, 1.165) is 39.0 Å². The van der Waals surface area contributed by atoms with Crippen LogP contribution in [0.15, 0.2) is 60.7 Å². The summed E-state index contributed by atoms with van der Waals surface area (Å²) in [7, 11) is 0. The van der Waals surface area contributed by atoms with Gasteiger partial charge in [0.2, 0.25) is 11.8 Å². The summed E-state index contributed by atoms with van der Waals surface area (Å²) in [4.78, 5) is 31.9. The molecule has 0 bridgehead atoms. The van der Waals surface area contributed by atoms with Crippen LogP contribution in [0.3, 0.4) is 0 Å². The molecule has 5 nitrogen and oxygen atoms in total. The predicted molar refractivity (Wildman–Crippen MR) is 123 cm³/mol. The van der Waals surface area contributed by atoms with Gasteiger partial charge in [0.05, 0.1) is 6.54 Å². The maximum absolute atomic E-state index is 13.2. The van der Waals surface area contributed by atoms with Gasteiger partial charge in [-0.15, -0.1) is 0 Å². The molecule has 0 saturated carbocycles. The lowest BCUT2D eigenvalue weighted by molar-refractivity contribution is -0.135. The summed E-state index contributed by atoms with van der Waals surface area (Å²) >= 11 is 0. The Kier molecular flexibility index (Phi) is 7.36. The SMILES string of the molecule is O=C(CC(c1ccccc1)c1ccccc1)N1CCN(CC(=O)N2CCCCC2)CC1. The number of carbonyl (C=O) groups excluding carboxylic acids is 2. The highest BCUT2D eigenvalue weighted by molar-refractivity contribution is 5.79. The molecule has 2 saturated heterocycles. The molecule has 2 aliphatic rings. The van der Waals surface area contributed by atoms with Gasteiger partial charge in [-0.3, -0.25) is 14.5 Å². The van der Waals surface area contributed by atoms with E-state index in [2.05, 4.69) is 29.2 Å². The first-order chi connectivity index (χ1) is 15.2.